The summed E-state index contributed by atoms with van der Waals surface area (Å²) in [6, 6.07) is 1.76. The Balaban J connectivity index is 1.91. The number of nitrogens with zero attached hydrogens (tertiary/aromatic N) is 2. The van der Waals surface area contributed by atoms with Gasteiger partial charge in [-0.2, -0.15) is 0 Å². The standard InChI is InChI=1S/C15H19N3O3S/c1-10-8-11-13(22-10)16-15(21)18(14(11)20)9-12(19)17-6-4-2-3-5-7-17/h8H,2-7,9H2,1H3,(H,16,21). The van der Waals surface area contributed by atoms with Gasteiger partial charge in [-0.3, -0.25) is 19.1 Å². The lowest BCUT2D eigenvalue weighted by molar-refractivity contribution is -0.131. The van der Waals surface area contributed by atoms with Gasteiger partial charge in [-0.25, -0.2) is 4.79 Å². The van der Waals surface area contributed by atoms with Crippen molar-refractivity contribution in [3.05, 3.63) is 31.8 Å². The second kappa shape index (κ2) is 6.08. The highest BCUT2D eigenvalue weighted by Gasteiger charge is 2.18. The van der Waals surface area contributed by atoms with E-state index in [1.54, 1.807) is 11.0 Å². The molecule has 0 aliphatic carbocycles. The summed E-state index contributed by atoms with van der Waals surface area (Å²) in [5, 5.41) is 0.478. The van der Waals surface area contributed by atoms with Crippen LogP contribution in [-0.4, -0.2) is 33.4 Å². The lowest BCUT2D eigenvalue weighted by Gasteiger charge is -2.20. The van der Waals surface area contributed by atoms with Gasteiger partial charge in [0.05, 0.1) is 5.39 Å². The first-order valence-corrected chi connectivity index (χ1v) is 8.39. The molecule has 1 saturated heterocycles. The molecule has 0 spiro atoms. The average molecular weight is 321 g/mol. The maximum absolute atomic E-state index is 12.4. The zero-order valence-electron chi connectivity index (χ0n) is 12.6. The molecule has 1 N–H and O–H groups in total. The van der Waals surface area contributed by atoms with Crippen LogP contribution in [0.4, 0.5) is 0 Å². The van der Waals surface area contributed by atoms with E-state index in [2.05, 4.69) is 4.98 Å². The van der Waals surface area contributed by atoms with E-state index in [0.717, 1.165) is 35.1 Å². The van der Waals surface area contributed by atoms with Gasteiger partial charge in [-0.1, -0.05) is 12.8 Å². The topological polar surface area (TPSA) is 75.2 Å². The molecule has 2 aromatic rings. The third kappa shape index (κ3) is 2.85. The molecule has 0 aromatic carbocycles. The molecule has 6 nitrogen and oxygen atoms in total. The van der Waals surface area contributed by atoms with Crippen molar-refractivity contribution in [1.29, 1.82) is 0 Å². The number of amides is 1. The van der Waals surface area contributed by atoms with Crippen molar-refractivity contribution >= 4 is 27.5 Å². The van der Waals surface area contributed by atoms with E-state index >= 15 is 0 Å². The highest BCUT2D eigenvalue weighted by Crippen LogP contribution is 2.18. The highest BCUT2D eigenvalue weighted by molar-refractivity contribution is 7.18. The summed E-state index contributed by atoms with van der Waals surface area (Å²) in [6.45, 7) is 3.13. The summed E-state index contributed by atoms with van der Waals surface area (Å²) in [5.74, 6) is -0.152. The van der Waals surface area contributed by atoms with Crippen molar-refractivity contribution in [2.75, 3.05) is 13.1 Å². The number of aromatic nitrogens is 2. The quantitative estimate of drug-likeness (QED) is 0.910. The lowest BCUT2D eigenvalue weighted by atomic mass is 10.2. The number of rotatable bonds is 2. The van der Waals surface area contributed by atoms with Crippen LogP contribution in [0.15, 0.2) is 15.7 Å². The fraction of sp³-hybridized carbons (Fsp3) is 0.533. The Bertz CT molecular complexity index is 810. The Kier molecular flexibility index (Phi) is 4.15. The Morgan fingerprint density at radius 2 is 1.91 bits per heavy atom. The molecule has 0 bridgehead atoms. The molecule has 0 radical (unpaired) electrons. The molecule has 7 heteroatoms. The third-order valence-electron chi connectivity index (χ3n) is 4.05. The summed E-state index contributed by atoms with van der Waals surface area (Å²) in [5.41, 5.74) is -0.895. The zero-order valence-corrected chi connectivity index (χ0v) is 13.4. The van der Waals surface area contributed by atoms with Crippen LogP contribution in [0.5, 0.6) is 0 Å². The first-order valence-electron chi connectivity index (χ1n) is 7.57. The van der Waals surface area contributed by atoms with E-state index in [0.29, 0.717) is 23.3 Å². The van der Waals surface area contributed by atoms with Crippen LogP contribution >= 0.6 is 11.3 Å². The molecule has 1 aliphatic heterocycles. The van der Waals surface area contributed by atoms with E-state index in [4.69, 9.17) is 0 Å². The molecule has 0 atom stereocenters. The summed E-state index contributed by atoms with van der Waals surface area (Å²) in [6.07, 6.45) is 4.23. The van der Waals surface area contributed by atoms with Crippen molar-refractivity contribution in [3.63, 3.8) is 0 Å². The number of H-pyrrole nitrogens is 1. The fourth-order valence-corrected chi connectivity index (χ4v) is 3.76. The fourth-order valence-electron chi connectivity index (χ4n) is 2.87. The third-order valence-corrected chi connectivity index (χ3v) is 5.01. The van der Waals surface area contributed by atoms with Crippen LogP contribution in [0.3, 0.4) is 0 Å². The summed E-state index contributed by atoms with van der Waals surface area (Å²) < 4.78 is 1.02. The molecular formula is C15H19N3O3S. The number of carbonyl (C=O) groups excluding carboxylic acids is 1. The molecule has 1 aliphatic rings. The molecule has 1 amide bonds. The molecule has 3 heterocycles. The molecule has 118 valence electrons. The van der Waals surface area contributed by atoms with Gasteiger partial charge in [0.25, 0.3) is 5.56 Å². The van der Waals surface area contributed by atoms with Crippen LogP contribution in [0.2, 0.25) is 0 Å². The number of hydrogen-bond acceptors (Lipinski definition) is 4. The minimum Gasteiger partial charge on any atom is -0.341 e. The molecule has 0 saturated carbocycles. The lowest BCUT2D eigenvalue weighted by Crippen LogP contribution is -2.42. The van der Waals surface area contributed by atoms with Crippen molar-refractivity contribution in [2.45, 2.75) is 39.2 Å². The van der Waals surface area contributed by atoms with Crippen molar-refractivity contribution in [3.8, 4) is 0 Å². The van der Waals surface area contributed by atoms with E-state index in [1.165, 1.54) is 11.3 Å². The number of aryl methyl sites for hydroxylation is 1. The summed E-state index contributed by atoms with van der Waals surface area (Å²) in [7, 11) is 0. The number of carbonyl (C=O) groups is 1. The molecule has 1 fully saturated rings. The van der Waals surface area contributed by atoms with Crippen LogP contribution in [-0.2, 0) is 11.3 Å². The molecule has 3 rings (SSSR count). The Morgan fingerprint density at radius 3 is 2.59 bits per heavy atom. The van der Waals surface area contributed by atoms with Gasteiger partial charge in [0.2, 0.25) is 5.91 Å². The normalized spacial score (nSPS) is 16.0. The van der Waals surface area contributed by atoms with Crippen LogP contribution in [0.1, 0.15) is 30.6 Å². The second-order valence-corrected chi connectivity index (χ2v) is 6.97. The largest absolute Gasteiger partial charge is 0.341 e. The number of aromatic amines is 1. The number of fused-ring (bicyclic) bond motifs is 1. The molecule has 22 heavy (non-hydrogen) atoms. The van der Waals surface area contributed by atoms with Crippen LogP contribution < -0.4 is 11.2 Å². The molecule has 0 unspecified atom stereocenters. The summed E-state index contributed by atoms with van der Waals surface area (Å²) in [4.78, 5) is 42.9. The Morgan fingerprint density at radius 1 is 1.23 bits per heavy atom. The highest BCUT2D eigenvalue weighted by atomic mass is 32.1. The van der Waals surface area contributed by atoms with Gasteiger partial charge >= 0.3 is 5.69 Å². The number of nitrogens with one attached hydrogen (secondary N) is 1. The minimum absolute atomic E-state index is 0.152. The summed E-state index contributed by atoms with van der Waals surface area (Å²) >= 11 is 1.37. The molecular weight excluding hydrogens is 302 g/mol. The second-order valence-electron chi connectivity index (χ2n) is 5.72. The number of likely N-dealkylation sites (tertiary alicyclic amines) is 1. The van der Waals surface area contributed by atoms with Gasteiger partial charge < -0.3 is 4.90 Å². The Hall–Kier alpha value is -1.89. The van der Waals surface area contributed by atoms with E-state index < -0.39 is 5.69 Å². The van der Waals surface area contributed by atoms with Gasteiger partial charge in [-0.05, 0) is 25.8 Å². The first-order chi connectivity index (χ1) is 10.6. The number of thiophene rings is 1. The van der Waals surface area contributed by atoms with E-state index in [-0.39, 0.29) is 18.0 Å². The van der Waals surface area contributed by atoms with Crippen molar-refractivity contribution < 1.29 is 4.79 Å². The predicted octanol–water partition coefficient (Wildman–Crippen LogP) is 1.46. The van der Waals surface area contributed by atoms with Crippen molar-refractivity contribution in [1.82, 2.24) is 14.5 Å². The van der Waals surface area contributed by atoms with Crippen LogP contribution in [0, 0.1) is 6.92 Å². The van der Waals surface area contributed by atoms with E-state index in [1.807, 2.05) is 6.92 Å². The maximum Gasteiger partial charge on any atom is 0.329 e. The van der Waals surface area contributed by atoms with Crippen LogP contribution in [0.25, 0.3) is 10.2 Å². The van der Waals surface area contributed by atoms with Gasteiger partial charge in [0.1, 0.15) is 11.4 Å². The van der Waals surface area contributed by atoms with Crippen molar-refractivity contribution in [2.24, 2.45) is 0 Å². The SMILES string of the molecule is Cc1cc2c(=O)n(CC(=O)N3CCCCCC3)c(=O)[nH]c2s1. The average Bonchev–Trinajstić information content (AvgIpc) is 2.70. The minimum atomic E-state index is -0.512. The smallest absolute Gasteiger partial charge is 0.329 e. The monoisotopic (exact) mass is 321 g/mol. The van der Waals surface area contributed by atoms with Gasteiger partial charge in [-0.15, -0.1) is 11.3 Å². The predicted molar refractivity (Wildman–Crippen MR) is 86.5 cm³/mol. The number of hydrogen-bond donors (Lipinski definition) is 1. The maximum atomic E-state index is 12.4. The Labute approximate surface area is 131 Å². The first kappa shape index (κ1) is 15.0. The van der Waals surface area contributed by atoms with E-state index in [9.17, 15) is 14.4 Å². The van der Waals surface area contributed by atoms with Gasteiger partial charge in [0, 0.05) is 18.0 Å². The van der Waals surface area contributed by atoms with Gasteiger partial charge in [0.15, 0.2) is 0 Å². The zero-order chi connectivity index (χ0) is 15.7. The molecule has 2 aromatic heterocycles.